The van der Waals surface area contributed by atoms with E-state index in [1.807, 2.05) is 0 Å². The van der Waals surface area contributed by atoms with Crippen LogP contribution in [0.25, 0.3) is 5.47 Å². The number of carboxylic acids is 1. The fourth-order valence-electron chi connectivity index (χ4n) is 2.64. The molecule has 0 fully saturated rings. The first-order chi connectivity index (χ1) is 11.9. The Balaban J connectivity index is 2.09. The molecule has 0 atom stereocenters. The Bertz CT molecular complexity index is 966. The van der Waals surface area contributed by atoms with Gasteiger partial charge in [0, 0.05) is 5.56 Å². The van der Waals surface area contributed by atoms with E-state index in [1.54, 1.807) is 6.82 Å². The van der Waals surface area contributed by atoms with E-state index in [1.165, 1.54) is 31.5 Å². The molecule has 0 aliphatic heterocycles. The van der Waals surface area contributed by atoms with Crippen LogP contribution in [-0.4, -0.2) is 43.6 Å². The molecule has 3 rings (SSSR count). The molecule has 1 aromatic heterocycles. The number of allylic oxidation sites excluding steroid dienone is 1. The Morgan fingerprint density at radius 3 is 2.24 bits per heavy atom. The van der Waals surface area contributed by atoms with Crippen LogP contribution < -0.4 is 0 Å². The molecule has 1 heterocycles. The van der Waals surface area contributed by atoms with Gasteiger partial charge in [-0.15, -0.1) is 0 Å². The minimum absolute atomic E-state index is 0.0237. The molecule has 1 aromatic carbocycles. The number of benzene rings is 1. The Hall–Kier alpha value is -3.15. The first-order valence-electron chi connectivity index (χ1n) is 7.24. The molecule has 0 saturated heterocycles. The van der Waals surface area contributed by atoms with E-state index in [9.17, 15) is 19.2 Å². The molecule has 0 amide bonds. The molecule has 0 saturated carbocycles. The van der Waals surface area contributed by atoms with Crippen molar-refractivity contribution in [3.8, 4) is 0 Å². The van der Waals surface area contributed by atoms with Crippen molar-refractivity contribution in [2.45, 2.75) is 6.82 Å². The predicted molar refractivity (Wildman–Crippen MR) is 89.2 cm³/mol. The van der Waals surface area contributed by atoms with E-state index in [0.717, 1.165) is 6.26 Å². The number of fused-ring (bicyclic) bond motifs is 1. The van der Waals surface area contributed by atoms with Crippen LogP contribution in [0.1, 0.15) is 42.4 Å². The van der Waals surface area contributed by atoms with Crippen molar-refractivity contribution in [1.82, 2.24) is 0 Å². The van der Waals surface area contributed by atoms with E-state index >= 15 is 0 Å². The third-order valence-corrected chi connectivity index (χ3v) is 3.93. The smallest absolute Gasteiger partial charge is 0.335 e. The summed E-state index contributed by atoms with van der Waals surface area (Å²) in [4.78, 5) is 47.8. The molecule has 2 aromatic rings. The molecule has 3 radical (unpaired) electrons. The molecular weight excluding hydrogens is 322 g/mol. The highest BCUT2D eigenvalue weighted by molar-refractivity contribution is 6.72. The zero-order chi connectivity index (χ0) is 18.3. The van der Waals surface area contributed by atoms with Crippen molar-refractivity contribution in [1.29, 1.82) is 0 Å². The zero-order valence-electron chi connectivity index (χ0n) is 13.0. The SMILES string of the molecule is [B]C1=C([B]C)c2occ(C(=O)c3ccc(C(=O)O)cc3)c2C(=O)C1=O. The highest BCUT2D eigenvalue weighted by Gasteiger charge is 2.36. The van der Waals surface area contributed by atoms with Gasteiger partial charge in [-0.25, -0.2) is 4.79 Å². The Kier molecular flexibility index (Phi) is 4.04. The van der Waals surface area contributed by atoms with E-state index in [-0.39, 0.29) is 39.0 Å². The van der Waals surface area contributed by atoms with Crippen molar-refractivity contribution < 1.29 is 28.7 Å². The van der Waals surface area contributed by atoms with Crippen LogP contribution in [0.4, 0.5) is 0 Å². The summed E-state index contributed by atoms with van der Waals surface area (Å²) in [5.41, 5.74) is 0.0379. The lowest BCUT2D eigenvalue weighted by atomic mass is 9.61. The fourth-order valence-corrected chi connectivity index (χ4v) is 2.64. The third kappa shape index (κ3) is 2.55. The quantitative estimate of drug-likeness (QED) is 0.518. The summed E-state index contributed by atoms with van der Waals surface area (Å²) in [5.74, 6) is -3.40. The van der Waals surface area contributed by atoms with Gasteiger partial charge in [0.15, 0.2) is 13.1 Å². The number of carbonyl (C=O) groups excluding carboxylic acids is 3. The minimum Gasteiger partial charge on any atom is -0.478 e. The number of hydrogen-bond acceptors (Lipinski definition) is 5. The van der Waals surface area contributed by atoms with Crippen molar-refractivity contribution in [2.24, 2.45) is 0 Å². The number of rotatable bonds is 4. The summed E-state index contributed by atoms with van der Waals surface area (Å²) in [6, 6.07) is 5.21. The number of Topliss-reactive ketones (excluding diaryl/α,β-unsaturated/α-hetero) is 2. The average Bonchev–Trinajstić information content (AvgIpc) is 3.04. The number of furan rings is 1. The topological polar surface area (TPSA) is 102 Å². The summed E-state index contributed by atoms with van der Waals surface area (Å²) >= 11 is 0. The number of hydrogen-bond donors (Lipinski definition) is 1. The molecule has 6 nitrogen and oxygen atoms in total. The van der Waals surface area contributed by atoms with Gasteiger partial charge in [0.1, 0.15) is 19.9 Å². The van der Waals surface area contributed by atoms with Gasteiger partial charge in [0.05, 0.1) is 16.7 Å². The van der Waals surface area contributed by atoms with Gasteiger partial charge in [-0.2, -0.15) is 0 Å². The monoisotopic (exact) mass is 331 g/mol. The van der Waals surface area contributed by atoms with E-state index in [0.29, 0.717) is 0 Å². The van der Waals surface area contributed by atoms with Crippen molar-refractivity contribution >= 4 is 43.9 Å². The van der Waals surface area contributed by atoms with E-state index < -0.39 is 23.3 Å². The van der Waals surface area contributed by atoms with E-state index in [2.05, 4.69) is 0 Å². The summed E-state index contributed by atoms with van der Waals surface area (Å²) < 4.78 is 5.33. The largest absolute Gasteiger partial charge is 0.478 e. The first-order valence-corrected chi connectivity index (χ1v) is 7.24. The summed E-state index contributed by atoms with van der Waals surface area (Å²) in [5, 5.41) is 8.90. The predicted octanol–water partition coefficient (Wildman–Crippen LogP) is 1.56. The third-order valence-electron chi connectivity index (χ3n) is 3.93. The summed E-state index contributed by atoms with van der Waals surface area (Å²) in [6.07, 6.45) is 1.10. The molecule has 1 aliphatic rings. The molecule has 0 bridgehead atoms. The number of carboxylic acid groups (broad SMARTS) is 1. The maximum Gasteiger partial charge on any atom is 0.335 e. The van der Waals surface area contributed by atoms with Gasteiger partial charge in [0.25, 0.3) is 0 Å². The van der Waals surface area contributed by atoms with Gasteiger partial charge < -0.3 is 9.52 Å². The molecular formula is C17H9B2O6. The van der Waals surface area contributed by atoms with Crippen molar-refractivity contribution in [3.05, 3.63) is 64.0 Å². The van der Waals surface area contributed by atoms with Crippen molar-refractivity contribution in [2.75, 3.05) is 0 Å². The minimum atomic E-state index is -1.12. The number of aromatic carboxylic acids is 1. The molecule has 1 N–H and O–H groups in total. The second kappa shape index (κ2) is 6.05. The highest BCUT2D eigenvalue weighted by atomic mass is 16.4. The Labute approximate surface area is 144 Å². The summed E-state index contributed by atoms with van der Waals surface area (Å²) in [6.45, 7) is 1.63. The fraction of sp³-hybridized carbons (Fsp3) is 0.0588. The standard InChI is InChI=1S/C17H9B2O6/c1-19-12-11(18)15(22)14(21)10-9(6-25-16(10)12)13(20)7-2-4-8(5-3-7)17(23)24/h2-6H,1H3,(H,23,24). The van der Waals surface area contributed by atoms with Gasteiger partial charge in [-0.3, -0.25) is 14.4 Å². The maximum absolute atomic E-state index is 12.7. The summed E-state index contributed by atoms with van der Waals surface area (Å²) in [7, 11) is 7.18. The van der Waals surface area contributed by atoms with Crippen molar-refractivity contribution in [3.63, 3.8) is 0 Å². The average molecular weight is 331 g/mol. The molecule has 25 heavy (non-hydrogen) atoms. The van der Waals surface area contributed by atoms with E-state index in [4.69, 9.17) is 17.4 Å². The molecule has 0 spiro atoms. The lowest BCUT2D eigenvalue weighted by Crippen LogP contribution is -2.26. The number of ketones is 3. The van der Waals surface area contributed by atoms with Gasteiger partial charge >= 0.3 is 5.97 Å². The highest BCUT2D eigenvalue weighted by Crippen LogP contribution is 2.32. The molecule has 119 valence electrons. The van der Waals surface area contributed by atoms with Crippen LogP contribution in [0.5, 0.6) is 0 Å². The normalized spacial score (nSPS) is 13.6. The van der Waals surface area contributed by atoms with Crippen LogP contribution in [0, 0.1) is 0 Å². The van der Waals surface area contributed by atoms with Gasteiger partial charge in [0.2, 0.25) is 11.6 Å². The van der Waals surface area contributed by atoms with Crippen LogP contribution >= 0.6 is 0 Å². The Morgan fingerprint density at radius 2 is 1.68 bits per heavy atom. The van der Waals surface area contributed by atoms with Crippen LogP contribution in [-0.2, 0) is 4.79 Å². The number of carbonyl (C=O) groups is 4. The van der Waals surface area contributed by atoms with Crippen LogP contribution in [0.2, 0.25) is 6.82 Å². The van der Waals surface area contributed by atoms with Gasteiger partial charge in [-0.1, -0.05) is 19.0 Å². The van der Waals surface area contributed by atoms with Crippen LogP contribution in [0.15, 0.2) is 40.4 Å². The molecule has 8 heteroatoms. The second-order valence-corrected chi connectivity index (χ2v) is 5.34. The lowest BCUT2D eigenvalue weighted by Gasteiger charge is -2.15. The molecule has 0 unspecified atom stereocenters. The molecule has 1 aliphatic carbocycles. The van der Waals surface area contributed by atoms with Crippen LogP contribution in [0.3, 0.4) is 0 Å². The maximum atomic E-state index is 12.7. The zero-order valence-corrected chi connectivity index (χ0v) is 13.0. The lowest BCUT2D eigenvalue weighted by molar-refractivity contribution is -0.111. The second-order valence-electron chi connectivity index (χ2n) is 5.34. The first kappa shape index (κ1) is 16.7. The van der Waals surface area contributed by atoms with Gasteiger partial charge in [-0.05, 0) is 23.1 Å². The Morgan fingerprint density at radius 1 is 1.08 bits per heavy atom.